The zero-order valence-electron chi connectivity index (χ0n) is 21.3. The number of likely N-dealkylation sites (tertiary alicyclic amines) is 1. The van der Waals surface area contributed by atoms with Crippen LogP contribution in [0.4, 0.5) is 0 Å². The summed E-state index contributed by atoms with van der Waals surface area (Å²) in [5.74, 6) is 2.43. The van der Waals surface area contributed by atoms with E-state index in [0.29, 0.717) is 6.61 Å². The zero-order chi connectivity index (χ0) is 22.8. The molecule has 35 heavy (non-hydrogen) atoms. The third-order valence-electron chi connectivity index (χ3n) is 8.23. The first kappa shape index (κ1) is 28.5. The number of rotatable bonds is 11. The van der Waals surface area contributed by atoms with Gasteiger partial charge in [-0.2, -0.15) is 0 Å². The smallest absolute Gasteiger partial charge is 0.175 e. The lowest BCUT2D eigenvalue weighted by molar-refractivity contribution is -0.00152. The van der Waals surface area contributed by atoms with Crippen LogP contribution in [0, 0.1) is 17.3 Å². The van der Waals surface area contributed by atoms with E-state index in [1.807, 2.05) is 0 Å². The van der Waals surface area contributed by atoms with E-state index in [1.165, 1.54) is 64.5 Å². The molecular formula is C27H43Cl2N3O3. The monoisotopic (exact) mass is 527 g/mol. The van der Waals surface area contributed by atoms with E-state index >= 15 is 0 Å². The Balaban J connectivity index is 0.00000171. The number of fused-ring (bicyclic) bond motifs is 1. The van der Waals surface area contributed by atoms with Crippen molar-refractivity contribution in [2.45, 2.75) is 64.3 Å². The van der Waals surface area contributed by atoms with E-state index in [0.717, 1.165) is 65.9 Å². The molecule has 0 spiro atoms. The Morgan fingerprint density at radius 1 is 1.11 bits per heavy atom. The third kappa shape index (κ3) is 6.84. The van der Waals surface area contributed by atoms with Crippen molar-refractivity contribution < 1.29 is 14.4 Å². The van der Waals surface area contributed by atoms with Crippen molar-refractivity contribution in [1.82, 2.24) is 15.0 Å². The first-order chi connectivity index (χ1) is 16.0. The number of benzene rings is 1. The highest BCUT2D eigenvalue weighted by molar-refractivity contribution is 5.86. The maximum atomic E-state index is 9.78. The van der Waals surface area contributed by atoms with Crippen LogP contribution in [0.25, 0.3) is 11.0 Å². The van der Waals surface area contributed by atoms with Gasteiger partial charge in [0.1, 0.15) is 5.75 Å². The predicted octanol–water partition coefficient (Wildman–Crippen LogP) is 5.33. The summed E-state index contributed by atoms with van der Waals surface area (Å²) in [5, 5.41) is 15.4. The molecule has 1 aromatic carbocycles. The van der Waals surface area contributed by atoms with Gasteiger partial charge in [-0.05, 0) is 103 Å². The molecule has 1 saturated heterocycles. The lowest BCUT2D eigenvalue weighted by Gasteiger charge is -2.45. The first-order valence-corrected chi connectivity index (χ1v) is 13.1. The van der Waals surface area contributed by atoms with Gasteiger partial charge in [-0.25, -0.2) is 0 Å². The van der Waals surface area contributed by atoms with E-state index < -0.39 is 0 Å². The van der Waals surface area contributed by atoms with E-state index in [9.17, 15) is 5.11 Å². The molecule has 3 fully saturated rings. The fourth-order valence-electron chi connectivity index (χ4n) is 5.66. The second-order valence-electron chi connectivity index (χ2n) is 11.3. The fourth-order valence-corrected chi connectivity index (χ4v) is 5.66. The number of hydrogen-bond acceptors (Lipinski definition) is 6. The molecule has 2 saturated carbocycles. The van der Waals surface area contributed by atoms with Gasteiger partial charge in [-0.1, -0.05) is 11.6 Å². The van der Waals surface area contributed by atoms with Gasteiger partial charge in [-0.3, -0.25) is 0 Å². The van der Waals surface area contributed by atoms with Gasteiger partial charge in [-0.15, -0.1) is 24.8 Å². The number of aromatic nitrogens is 1. The van der Waals surface area contributed by atoms with Gasteiger partial charge in [0.25, 0.3) is 0 Å². The van der Waals surface area contributed by atoms with Gasteiger partial charge in [0, 0.05) is 30.5 Å². The van der Waals surface area contributed by atoms with Gasteiger partial charge < -0.3 is 24.2 Å². The fraction of sp³-hybridized carbons (Fsp3) is 0.741. The molecule has 6 nitrogen and oxygen atoms in total. The molecule has 2 aromatic rings. The van der Waals surface area contributed by atoms with Crippen LogP contribution < -0.4 is 4.74 Å². The van der Waals surface area contributed by atoms with Crippen LogP contribution in [0.5, 0.6) is 5.75 Å². The molecule has 3 aliphatic rings. The first-order valence-electron chi connectivity index (χ1n) is 13.1. The minimum Gasteiger partial charge on any atom is -0.493 e. The SMILES string of the molecule is CN(C)Cc1c(OCC2CC2)ccc2c(CCC3CCN(CC4(CO)CCC4)CC3)noc12.Cl.Cl. The number of halogens is 2. The third-order valence-corrected chi connectivity index (χ3v) is 8.23. The van der Waals surface area contributed by atoms with Gasteiger partial charge in [0.2, 0.25) is 0 Å². The Bertz CT molecular complexity index is 930. The normalized spacial score (nSPS) is 20.3. The quantitative estimate of drug-likeness (QED) is 0.426. The summed E-state index contributed by atoms with van der Waals surface area (Å²) >= 11 is 0. The highest BCUT2D eigenvalue weighted by Crippen LogP contribution is 2.42. The number of nitrogens with zero attached hydrogens (tertiary/aromatic N) is 3. The van der Waals surface area contributed by atoms with Crippen molar-refractivity contribution in [1.29, 1.82) is 0 Å². The summed E-state index contributed by atoms with van der Waals surface area (Å²) < 4.78 is 12.1. The van der Waals surface area contributed by atoms with Crippen LogP contribution in [-0.2, 0) is 13.0 Å². The molecule has 8 heteroatoms. The number of aliphatic hydroxyl groups excluding tert-OH is 1. The van der Waals surface area contributed by atoms with Gasteiger partial charge >= 0.3 is 0 Å². The molecule has 5 rings (SSSR count). The van der Waals surface area contributed by atoms with Crippen molar-refractivity contribution in [3.63, 3.8) is 0 Å². The maximum absolute atomic E-state index is 9.78. The van der Waals surface area contributed by atoms with Crippen molar-refractivity contribution in [2.24, 2.45) is 17.3 Å². The second-order valence-corrected chi connectivity index (χ2v) is 11.3. The molecule has 0 radical (unpaired) electrons. The van der Waals surface area contributed by atoms with Crippen LogP contribution in [0.3, 0.4) is 0 Å². The molecule has 1 aliphatic heterocycles. The summed E-state index contributed by atoms with van der Waals surface area (Å²) in [7, 11) is 4.17. The summed E-state index contributed by atoms with van der Waals surface area (Å²) in [5.41, 5.74) is 3.32. The number of piperidine rings is 1. The molecule has 0 unspecified atom stereocenters. The van der Waals surface area contributed by atoms with Crippen molar-refractivity contribution in [3.8, 4) is 5.75 Å². The van der Waals surface area contributed by atoms with Crippen molar-refractivity contribution in [2.75, 3.05) is 46.9 Å². The molecule has 198 valence electrons. The molecule has 0 bridgehead atoms. The average molecular weight is 529 g/mol. The van der Waals surface area contributed by atoms with E-state index in [1.54, 1.807) is 0 Å². The van der Waals surface area contributed by atoms with Crippen molar-refractivity contribution in [3.05, 3.63) is 23.4 Å². The minimum absolute atomic E-state index is 0. The Labute approximate surface area is 222 Å². The summed E-state index contributed by atoms with van der Waals surface area (Å²) in [6.07, 6.45) is 10.9. The van der Waals surface area contributed by atoms with Gasteiger partial charge in [0.15, 0.2) is 5.58 Å². The Kier molecular flexibility index (Phi) is 10.2. The van der Waals surface area contributed by atoms with Gasteiger partial charge in [0.05, 0.1) is 17.9 Å². The lowest BCUT2D eigenvalue weighted by Crippen LogP contribution is -2.47. The zero-order valence-corrected chi connectivity index (χ0v) is 23.0. The standard InChI is InChI=1S/C27H41N3O3.2ClH/c1-29(2)16-23-25(32-17-21-4-5-21)9-7-22-24(28-33-26(22)23)8-6-20-10-14-30(15-11-20)18-27(19-31)12-3-13-27;;/h7,9,20-21,31H,3-6,8,10-19H2,1-2H3;2*1H. The molecule has 2 aliphatic carbocycles. The average Bonchev–Trinajstić information content (AvgIpc) is 3.53. The van der Waals surface area contributed by atoms with Crippen LogP contribution in [0.2, 0.25) is 0 Å². The number of hydrogen-bond donors (Lipinski definition) is 1. The number of aryl methyl sites for hydroxylation is 1. The predicted molar refractivity (Wildman–Crippen MR) is 145 cm³/mol. The highest BCUT2D eigenvalue weighted by atomic mass is 35.5. The lowest BCUT2D eigenvalue weighted by atomic mass is 9.69. The number of ether oxygens (including phenoxy) is 1. The topological polar surface area (TPSA) is 62.0 Å². The highest BCUT2D eigenvalue weighted by Gasteiger charge is 2.38. The Hall–Kier alpha value is -1.05. The molecule has 1 N–H and O–H groups in total. The summed E-state index contributed by atoms with van der Waals surface area (Å²) in [6, 6.07) is 4.28. The van der Waals surface area contributed by atoms with E-state index in [2.05, 4.69) is 41.2 Å². The van der Waals surface area contributed by atoms with Crippen LogP contribution in [0.15, 0.2) is 16.7 Å². The van der Waals surface area contributed by atoms with Crippen LogP contribution in [-0.4, -0.2) is 67.0 Å². The summed E-state index contributed by atoms with van der Waals surface area (Å²) in [6.45, 7) is 5.38. The maximum Gasteiger partial charge on any atom is 0.175 e. The van der Waals surface area contributed by atoms with Crippen LogP contribution >= 0.6 is 24.8 Å². The minimum atomic E-state index is 0. The van der Waals surface area contributed by atoms with E-state index in [4.69, 9.17) is 9.26 Å². The molecule has 2 heterocycles. The molecule has 1 aromatic heterocycles. The Morgan fingerprint density at radius 2 is 1.86 bits per heavy atom. The largest absolute Gasteiger partial charge is 0.493 e. The second kappa shape index (κ2) is 12.5. The molecule has 0 atom stereocenters. The van der Waals surface area contributed by atoms with Crippen molar-refractivity contribution >= 4 is 35.8 Å². The molecular weight excluding hydrogens is 485 g/mol. The molecule has 0 amide bonds. The van der Waals surface area contributed by atoms with Crippen LogP contribution in [0.1, 0.15) is 62.6 Å². The Morgan fingerprint density at radius 3 is 2.46 bits per heavy atom. The summed E-state index contributed by atoms with van der Waals surface area (Å²) in [4.78, 5) is 4.76. The van der Waals surface area contributed by atoms with E-state index in [-0.39, 0.29) is 30.2 Å². The number of aliphatic hydroxyl groups is 1.